The lowest BCUT2D eigenvalue weighted by atomic mass is 10.1. The van der Waals surface area contributed by atoms with E-state index >= 15 is 0 Å². The van der Waals surface area contributed by atoms with Crippen LogP contribution in [0.5, 0.6) is 5.75 Å². The summed E-state index contributed by atoms with van der Waals surface area (Å²) in [4.78, 5) is 13.1. The molecule has 0 N–H and O–H groups in total. The minimum Gasteiger partial charge on any atom is -0.404 e. The highest BCUT2D eigenvalue weighted by Crippen LogP contribution is 2.36. The van der Waals surface area contributed by atoms with E-state index in [0.717, 1.165) is 0 Å². The average Bonchev–Trinajstić information content (AvgIpc) is 2.69. The van der Waals surface area contributed by atoms with E-state index in [0.29, 0.717) is 18.7 Å². The largest absolute Gasteiger partial charge is 0.573 e. The highest BCUT2D eigenvalue weighted by molar-refractivity contribution is 7.80. The highest BCUT2D eigenvalue weighted by atomic mass is 32.1. The summed E-state index contributed by atoms with van der Waals surface area (Å²) in [7, 11) is 0. The van der Waals surface area contributed by atoms with Crippen LogP contribution in [0.1, 0.15) is 6.42 Å². The molecule has 1 saturated heterocycles. The molecule has 1 heterocycles. The average molecular weight is 291 g/mol. The summed E-state index contributed by atoms with van der Waals surface area (Å²) in [5, 5.41) is 0. The Hall–Kier alpha value is -1.37. The predicted molar refractivity (Wildman–Crippen MR) is 67.4 cm³/mol. The van der Waals surface area contributed by atoms with Gasteiger partial charge in [-0.05, 0) is 23.8 Å². The SMILES string of the molecule is O=C1CC(CS)CN1c1ccccc1OC(F)(F)F. The number of hydrogen-bond acceptors (Lipinski definition) is 3. The van der Waals surface area contributed by atoms with E-state index in [-0.39, 0.29) is 23.3 Å². The standard InChI is InChI=1S/C12H12F3NO2S/c13-12(14,15)18-10-4-2-1-3-9(10)16-6-8(7-19)5-11(16)17/h1-4,8,19H,5-7H2. The number of ether oxygens (including phenoxy) is 1. The number of rotatable bonds is 3. The Balaban J connectivity index is 2.27. The molecule has 0 bridgehead atoms. The fourth-order valence-corrected chi connectivity index (χ4v) is 2.27. The zero-order chi connectivity index (χ0) is 14.0. The number of anilines is 1. The Morgan fingerprint density at radius 2 is 2.05 bits per heavy atom. The van der Waals surface area contributed by atoms with E-state index in [4.69, 9.17) is 0 Å². The number of carbonyl (C=O) groups is 1. The van der Waals surface area contributed by atoms with Crippen LogP contribution in [0.4, 0.5) is 18.9 Å². The lowest BCUT2D eigenvalue weighted by Crippen LogP contribution is -2.27. The Bertz CT molecular complexity index is 478. The second kappa shape index (κ2) is 5.32. The molecule has 1 unspecified atom stereocenters. The molecule has 19 heavy (non-hydrogen) atoms. The van der Waals surface area contributed by atoms with Crippen LogP contribution >= 0.6 is 12.6 Å². The maximum Gasteiger partial charge on any atom is 0.573 e. The van der Waals surface area contributed by atoms with Crippen molar-refractivity contribution in [1.82, 2.24) is 0 Å². The smallest absolute Gasteiger partial charge is 0.404 e. The Labute approximate surface area is 113 Å². The second-order valence-electron chi connectivity index (χ2n) is 4.27. The number of para-hydroxylation sites is 2. The first-order valence-electron chi connectivity index (χ1n) is 5.66. The molecule has 1 atom stereocenters. The monoisotopic (exact) mass is 291 g/mol. The molecule has 0 radical (unpaired) electrons. The van der Waals surface area contributed by atoms with Gasteiger partial charge in [-0.3, -0.25) is 4.79 Å². The van der Waals surface area contributed by atoms with Crippen molar-refractivity contribution in [2.75, 3.05) is 17.2 Å². The number of alkyl halides is 3. The van der Waals surface area contributed by atoms with Crippen molar-refractivity contribution < 1.29 is 22.7 Å². The summed E-state index contributed by atoms with van der Waals surface area (Å²) in [6, 6.07) is 5.64. The van der Waals surface area contributed by atoms with Gasteiger partial charge in [0.2, 0.25) is 5.91 Å². The second-order valence-corrected chi connectivity index (χ2v) is 4.64. The van der Waals surface area contributed by atoms with E-state index in [9.17, 15) is 18.0 Å². The van der Waals surface area contributed by atoms with Crippen LogP contribution in [-0.2, 0) is 4.79 Å². The molecule has 7 heteroatoms. The number of nitrogens with zero attached hydrogens (tertiary/aromatic N) is 1. The van der Waals surface area contributed by atoms with Gasteiger partial charge < -0.3 is 9.64 Å². The van der Waals surface area contributed by atoms with Crippen LogP contribution in [0.25, 0.3) is 0 Å². The third kappa shape index (κ3) is 3.34. The molecule has 0 saturated carbocycles. The number of hydrogen-bond donors (Lipinski definition) is 1. The molecule has 104 valence electrons. The van der Waals surface area contributed by atoms with Crippen molar-refractivity contribution in [3.63, 3.8) is 0 Å². The summed E-state index contributed by atoms with van der Waals surface area (Å²) in [6.07, 6.45) is -4.48. The maximum atomic E-state index is 12.3. The molecule has 1 aromatic carbocycles. The number of amides is 1. The van der Waals surface area contributed by atoms with Gasteiger partial charge in [-0.1, -0.05) is 12.1 Å². The Kier molecular flexibility index (Phi) is 3.93. The summed E-state index contributed by atoms with van der Waals surface area (Å²) >= 11 is 4.11. The van der Waals surface area contributed by atoms with Gasteiger partial charge in [-0.25, -0.2) is 0 Å². The van der Waals surface area contributed by atoms with Crippen molar-refractivity contribution in [1.29, 1.82) is 0 Å². The first kappa shape index (κ1) is 14.0. The number of benzene rings is 1. The molecule has 1 fully saturated rings. The zero-order valence-electron chi connectivity index (χ0n) is 9.85. The van der Waals surface area contributed by atoms with Gasteiger partial charge in [0.1, 0.15) is 0 Å². The molecule has 0 aliphatic carbocycles. The summed E-state index contributed by atoms with van der Waals surface area (Å²) in [5.74, 6) is 0.0000683. The number of halogens is 3. The first-order valence-corrected chi connectivity index (χ1v) is 6.30. The van der Waals surface area contributed by atoms with Crippen molar-refractivity contribution in [3.8, 4) is 5.75 Å². The number of thiol groups is 1. The summed E-state index contributed by atoms with van der Waals surface area (Å²) < 4.78 is 40.9. The normalized spacial score (nSPS) is 19.9. The Morgan fingerprint density at radius 3 is 2.63 bits per heavy atom. The van der Waals surface area contributed by atoms with Gasteiger partial charge in [0.25, 0.3) is 0 Å². The van der Waals surface area contributed by atoms with Gasteiger partial charge in [0.05, 0.1) is 5.69 Å². The predicted octanol–water partition coefficient (Wildman–Crippen LogP) is 2.87. The Morgan fingerprint density at radius 1 is 1.37 bits per heavy atom. The molecule has 2 rings (SSSR count). The molecule has 1 amide bonds. The van der Waals surface area contributed by atoms with Crippen LogP contribution in [0, 0.1) is 5.92 Å². The van der Waals surface area contributed by atoms with Gasteiger partial charge in [-0.2, -0.15) is 12.6 Å². The summed E-state index contributed by atoms with van der Waals surface area (Å²) in [6.45, 7) is 0.362. The minimum atomic E-state index is -4.78. The molecule has 0 aromatic heterocycles. The van der Waals surface area contributed by atoms with E-state index in [1.807, 2.05) is 0 Å². The topological polar surface area (TPSA) is 29.5 Å². The molecule has 3 nitrogen and oxygen atoms in total. The van der Waals surface area contributed by atoms with Crippen LogP contribution in [0.3, 0.4) is 0 Å². The van der Waals surface area contributed by atoms with Gasteiger partial charge >= 0.3 is 6.36 Å². The van der Waals surface area contributed by atoms with E-state index in [2.05, 4.69) is 17.4 Å². The molecule has 1 aliphatic heterocycles. The molecule has 1 aliphatic rings. The lowest BCUT2D eigenvalue weighted by Gasteiger charge is -2.20. The minimum absolute atomic E-state index is 0.0507. The van der Waals surface area contributed by atoms with Gasteiger partial charge in [0, 0.05) is 13.0 Å². The molecular weight excluding hydrogens is 279 g/mol. The van der Waals surface area contributed by atoms with Crippen molar-refractivity contribution in [2.45, 2.75) is 12.8 Å². The first-order chi connectivity index (χ1) is 8.90. The van der Waals surface area contributed by atoms with Crippen LogP contribution in [-0.4, -0.2) is 24.6 Å². The fraction of sp³-hybridized carbons (Fsp3) is 0.417. The third-order valence-electron chi connectivity index (χ3n) is 2.85. The summed E-state index contributed by atoms with van der Waals surface area (Å²) in [5.41, 5.74) is 0.147. The zero-order valence-corrected chi connectivity index (χ0v) is 10.7. The van der Waals surface area contributed by atoms with E-state index in [1.165, 1.54) is 23.1 Å². The van der Waals surface area contributed by atoms with Gasteiger partial charge in [0.15, 0.2) is 5.75 Å². The van der Waals surface area contributed by atoms with Crippen molar-refractivity contribution in [3.05, 3.63) is 24.3 Å². The lowest BCUT2D eigenvalue weighted by molar-refractivity contribution is -0.274. The van der Waals surface area contributed by atoms with Gasteiger partial charge in [-0.15, -0.1) is 13.2 Å². The highest BCUT2D eigenvalue weighted by Gasteiger charge is 2.35. The van der Waals surface area contributed by atoms with Crippen LogP contribution < -0.4 is 9.64 Å². The van der Waals surface area contributed by atoms with E-state index < -0.39 is 6.36 Å². The maximum absolute atomic E-state index is 12.3. The molecule has 0 spiro atoms. The quantitative estimate of drug-likeness (QED) is 0.868. The van der Waals surface area contributed by atoms with Crippen molar-refractivity contribution in [2.24, 2.45) is 5.92 Å². The van der Waals surface area contributed by atoms with E-state index in [1.54, 1.807) is 6.07 Å². The third-order valence-corrected chi connectivity index (χ3v) is 3.36. The molecular formula is C12H12F3NO2S. The fourth-order valence-electron chi connectivity index (χ4n) is 2.03. The number of carbonyl (C=O) groups excluding carboxylic acids is 1. The van der Waals surface area contributed by atoms with Crippen LogP contribution in [0.15, 0.2) is 24.3 Å². The molecule has 1 aromatic rings. The van der Waals surface area contributed by atoms with Crippen LogP contribution in [0.2, 0.25) is 0 Å². The van der Waals surface area contributed by atoms with Crippen molar-refractivity contribution >= 4 is 24.2 Å².